The Morgan fingerprint density at radius 1 is 1.44 bits per heavy atom. The summed E-state index contributed by atoms with van der Waals surface area (Å²) in [6, 6.07) is 4.35. The van der Waals surface area contributed by atoms with Crippen LogP contribution in [-0.2, 0) is 0 Å². The van der Waals surface area contributed by atoms with E-state index < -0.39 is 5.54 Å². The maximum Gasteiger partial charge on any atom is 0.126 e. The van der Waals surface area contributed by atoms with Crippen LogP contribution in [0.15, 0.2) is 23.4 Å². The number of halogens is 1. The van der Waals surface area contributed by atoms with Gasteiger partial charge in [-0.25, -0.2) is 4.39 Å². The Morgan fingerprint density at radius 2 is 2.06 bits per heavy atom. The molecule has 16 heavy (non-hydrogen) atoms. The third-order valence-corrected chi connectivity index (χ3v) is 2.40. The van der Waals surface area contributed by atoms with Gasteiger partial charge >= 0.3 is 0 Å². The zero-order chi connectivity index (χ0) is 12.3. The van der Waals surface area contributed by atoms with Crippen molar-refractivity contribution in [2.24, 2.45) is 5.16 Å². The first-order chi connectivity index (χ1) is 7.42. The molecule has 0 unspecified atom stereocenters. The Balaban J connectivity index is 3.21. The third kappa shape index (κ3) is 2.37. The zero-order valence-corrected chi connectivity index (χ0v) is 9.45. The van der Waals surface area contributed by atoms with Crippen LogP contribution in [0, 0.1) is 12.7 Å². The van der Waals surface area contributed by atoms with Crippen LogP contribution < -0.4 is 5.48 Å². The second kappa shape index (κ2) is 4.59. The topological polar surface area (TPSA) is 64.9 Å². The molecule has 0 aliphatic heterocycles. The summed E-state index contributed by atoms with van der Waals surface area (Å²) in [6.45, 7) is 4.90. The molecule has 0 spiro atoms. The molecule has 1 aromatic carbocycles. The summed E-state index contributed by atoms with van der Waals surface area (Å²) < 4.78 is 13.1. The molecule has 0 saturated carbocycles. The van der Waals surface area contributed by atoms with Gasteiger partial charge in [-0.05, 0) is 38.5 Å². The predicted molar refractivity (Wildman–Crippen MR) is 58.5 cm³/mol. The van der Waals surface area contributed by atoms with Crippen molar-refractivity contribution in [3.63, 3.8) is 0 Å². The number of hydrogen-bond donors (Lipinski definition) is 3. The smallest absolute Gasteiger partial charge is 0.126 e. The quantitative estimate of drug-likeness (QED) is 0.420. The number of hydroxylamine groups is 1. The molecular formula is C11H15FN2O2. The summed E-state index contributed by atoms with van der Waals surface area (Å²) in [7, 11) is 0. The van der Waals surface area contributed by atoms with E-state index >= 15 is 0 Å². The lowest BCUT2D eigenvalue weighted by Gasteiger charge is -2.23. The van der Waals surface area contributed by atoms with Crippen LogP contribution in [0.4, 0.5) is 4.39 Å². The average molecular weight is 226 g/mol. The van der Waals surface area contributed by atoms with Gasteiger partial charge in [0.15, 0.2) is 0 Å². The average Bonchev–Trinajstić information content (AvgIpc) is 2.24. The van der Waals surface area contributed by atoms with E-state index in [4.69, 9.17) is 10.4 Å². The first kappa shape index (κ1) is 12.6. The minimum atomic E-state index is -0.918. The van der Waals surface area contributed by atoms with Crippen molar-refractivity contribution < 1.29 is 14.8 Å². The van der Waals surface area contributed by atoms with Gasteiger partial charge in [0, 0.05) is 5.56 Å². The van der Waals surface area contributed by atoms with E-state index in [9.17, 15) is 4.39 Å². The second-order valence-corrected chi connectivity index (χ2v) is 4.15. The van der Waals surface area contributed by atoms with E-state index in [0.717, 1.165) is 0 Å². The van der Waals surface area contributed by atoms with Crippen molar-refractivity contribution in [1.29, 1.82) is 0 Å². The molecule has 1 rings (SSSR count). The molecule has 0 radical (unpaired) electrons. The van der Waals surface area contributed by atoms with Crippen molar-refractivity contribution in [3.8, 4) is 0 Å². The summed E-state index contributed by atoms with van der Waals surface area (Å²) in [5.41, 5.74) is 2.36. The number of nitrogens with one attached hydrogen (secondary N) is 1. The van der Waals surface area contributed by atoms with E-state index in [0.29, 0.717) is 11.1 Å². The van der Waals surface area contributed by atoms with Gasteiger partial charge in [-0.15, -0.1) is 0 Å². The fraction of sp³-hybridized carbons (Fsp3) is 0.364. The van der Waals surface area contributed by atoms with Crippen molar-refractivity contribution in [2.75, 3.05) is 0 Å². The van der Waals surface area contributed by atoms with Gasteiger partial charge in [0.2, 0.25) is 0 Å². The van der Waals surface area contributed by atoms with Gasteiger partial charge in [0.1, 0.15) is 11.5 Å². The Morgan fingerprint density at radius 3 is 2.50 bits per heavy atom. The molecule has 5 heteroatoms. The zero-order valence-electron chi connectivity index (χ0n) is 9.45. The first-order valence-corrected chi connectivity index (χ1v) is 4.82. The minimum absolute atomic E-state index is 0.234. The predicted octanol–water partition coefficient (Wildman–Crippen LogP) is 2.07. The van der Waals surface area contributed by atoms with E-state index in [2.05, 4.69) is 5.16 Å². The van der Waals surface area contributed by atoms with Crippen LogP contribution in [0.25, 0.3) is 0 Å². The SMILES string of the molecule is Cc1cc(C(=NO)C(C)(C)NO)ccc1F. The van der Waals surface area contributed by atoms with Crippen LogP contribution in [0.1, 0.15) is 25.0 Å². The number of benzene rings is 1. The van der Waals surface area contributed by atoms with Crippen molar-refractivity contribution >= 4 is 5.71 Å². The highest BCUT2D eigenvalue weighted by molar-refractivity contribution is 6.06. The molecule has 0 aromatic heterocycles. The monoisotopic (exact) mass is 226 g/mol. The standard InChI is InChI=1S/C11H15FN2O2/c1-7-6-8(4-5-9(7)12)10(13-15)11(2,3)14-16/h4-6,14-16H,1-3H3. The minimum Gasteiger partial charge on any atom is -0.411 e. The normalized spacial score (nSPS) is 12.9. The van der Waals surface area contributed by atoms with E-state index in [1.54, 1.807) is 26.8 Å². The van der Waals surface area contributed by atoms with Crippen LogP contribution >= 0.6 is 0 Å². The number of aryl methyl sites for hydroxylation is 1. The lowest BCUT2D eigenvalue weighted by atomic mass is 9.92. The van der Waals surface area contributed by atoms with Gasteiger partial charge in [-0.1, -0.05) is 11.2 Å². The fourth-order valence-corrected chi connectivity index (χ4v) is 1.39. The van der Waals surface area contributed by atoms with E-state index in [-0.39, 0.29) is 11.5 Å². The number of hydrogen-bond acceptors (Lipinski definition) is 4. The largest absolute Gasteiger partial charge is 0.411 e. The highest BCUT2D eigenvalue weighted by Crippen LogP contribution is 2.16. The summed E-state index contributed by atoms with van der Waals surface area (Å²) in [6.07, 6.45) is 0. The molecule has 0 saturated heterocycles. The van der Waals surface area contributed by atoms with Gasteiger partial charge in [0.25, 0.3) is 0 Å². The van der Waals surface area contributed by atoms with Gasteiger partial charge in [0.05, 0.1) is 5.54 Å². The number of nitrogens with zero attached hydrogens (tertiary/aromatic N) is 1. The van der Waals surface area contributed by atoms with Crippen LogP contribution in [0.2, 0.25) is 0 Å². The molecule has 0 amide bonds. The lowest BCUT2D eigenvalue weighted by molar-refractivity contribution is 0.113. The molecule has 0 aliphatic rings. The van der Waals surface area contributed by atoms with Gasteiger partial charge in [-0.3, -0.25) is 0 Å². The maximum atomic E-state index is 13.1. The second-order valence-electron chi connectivity index (χ2n) is 4.15. The highest BCUT2D eigenvalue weighted by atomic mass is 19.1. The molecule has 0 atom stereocenters. The van der Waals surface area contributed by atoms with Crippen molar-refractivity contribution in [2.45, 2.75) is 26.3 Å². The molecule has 3 N–H and O–H groups in total. The van der Waals surface area contributed by atoms with Gasteiger partial charge < -0.3 is 10.4 Å². The molecule has 4 nitrogen and oxygen atoms in total. The van der Waals surface area contributed by atoms with Crippen LogP contribution in [0.3, 0.4) is 0 Å². The first-order valence-electron chi connectivity index (χ1n) is 4.82. The number of oxime groups is 1. The van der Waals surface area contributed by atoms with E-state index in [1.165, 1.54) is 12.1 Å². The molecule has 88 valence electrons. The number of rotatable bonds is 3. The molecule has 0 heterocycles. The molecular weight excluding hydrogens is 211 g/mol. The van der Waals surface area contributed by atoms with Crippen molar-refractivity contribution in [1.82, 2.24) is 5.48 Å². The Labute approximate surface area is 93.4 Å². The van der Waals surface area contributed by atoms with Crippen molar-refractivity contribution in [3.05, 3.63) is 35.1 Å². The molecule has 0 aliphatic carbocycles. The Hall–Kier alpha value is -1.46. The summed E-state index contributed by atoms with van der Waals surface area (Å²) >= 11 is 0. The molecule has 0 bridgehead atoms. The summed E-state index contributed by atoms with van der Waals surface area (Å²) in [5.74, 6) is -0.323. The fourth-order valence-electron chi connectivity index (χ4n) is 1.39. The lowest BCUT2D eigenvalue weighted by Crippen LogP contribution is -2.45. The third-order valence-electron chi connectivity index (χ3n) is 2.40. The Kier molecular flexibility index (Phi) is 3.62. The van der Waals surface area contributed by atoms with Crippen LogP contribution in [-0.4, -0.2) is 21.7 Å². The van der Waals surface area contributed by atoms with Crippen LogP contribution in [0.5, 0.6) is 0 Å². The maximum absolute atomic E-state index is 13.1. The highest BCUT2D eigenvalue weighted by Gasteiger charge is 2.26. The molecule has 1 aromatic rings. The Bertz CT molecular complexity index is 416. The summed E-state index contributed by atoms with van der Waals surface area (Å²) in [5, 5.41) is 21.1. The molecule has 0 fully saturated rings. The van der Waals surface area contributed by atoms with Gasteiger partial charge in [-0.2, -0.15) is 5.48 Å². The van der Waals surface area contributed by atoms with E-state index in [1.807, 2.05) is 5.48 Å². The summed E-state index contributed by atoms with van der Waals surface area (Å²) in [4.78, 5) is 0.